The average Bonchev–Trinajstić information content (AvgIpc) is 3.01. The summed E-state index contributed by atoms with van der Waals surface area (Å²) < 4.78 is 192. The number of nitriles is 1. The van der Waals surface area contributed by atoms with Crippen LogP contribution in [-0.4, -0.2) is 66.2 Å². The van der Waals surface area contributed by atoms with Crippen LogP contribution in [0.4, 0.5) is 72.4 Å². The molecule has 284 valence electrons. The molecule has 11 nitrogen and oxygen atoms in total. The molecule has 0 bridgehead atoms. The van der Waals surface area contributed by atoms with E-state index in [2.05, 4.69) is 10.1 Å². The van der Waals surface area contributed by atoms with Gasteiger partial charge < -0.3 is 24.3 Å². The van der Waals surface area contributed by atoms with Gasteiger partial charge in [-0.3, -0.25) is 10.1 Å². The standard InChI is InChI=1S/C27H22F13N3O8/c1-13-18(17(15-6-3-7-16(12-15)43(46)47)19(14(2)42-13)51-21(45)49-11-5-9-41)50-20(44)48-10-4-8-22(28,29)23(30,31)24(32,33)25(34,35)26(36,37)27(38,39)40/h3,6-7,12,17,42H,4-5,8,10-11H2,1-2H3. The van der Waals surface area contributed by atoms with E-state index < -0.39 is 102 Å². The van der Waals surface area contributed by atoms with E-state index in [1.54, 1.807) is 6.07 Å². The van der Waals surface area contributed by atoms with Crippen molar-refractivity contribution in [1.29, 1.82) is 5.26 Å². The monoisotopic (exact) mass is 763 g/mol. The molecular weight excluding hydrogens is 741 g/mol. The maximum atomic E-state index is 14.1. The van der Waals surface area contributed by atoms with Crippen molar-refractivity contribution in [2.75, 3.05) is 13.2 Å². The summed E-state index contributed by atoms with van der Waals surface area (Å²) in [7, 11) is 0. The lowest BCUT2D eigenvalue weighted by Crippen LogP contribution is -2.70. The predicted molar refractivity (Wildman–Crippen MR) is 139 cm³/mol. The quantitative estimate of drug-likeness (QED) is 0.0643. The number of carbonyl (C=O) groups excluding carboxylic acids is 2. The lowest BCUT2D eigenvalue weighted by molar-refractivity contribution is -0.440. The topological polar surface area (TPSA) is 150 Å². The minimum Gasteiger partial charge on any atom is -0.434 e. The fourth-order valence-corrected chi connectivity index (χ4v) is 4.18. The molecule has 1 aliphatic heterocycles. The third kappa shape index (κ3) is 8.50. The number of hydrogen-bond donors (Lipinski definition) is 1. The van der Waals surface area contributed by atoms with Gasteiger partial charge in [0.1, 0.15) is 24.0 Å². The summed E-state index contributed by atoms with van der Waals surface area (Å²) in [6.07, 6.45) is -15.4. The van der Waals surface area contributed by atoms with Crippen LogP contribution in [0.1, 0.15) is 44.6 Å². The van der Waals surface area contributed by atoms with Crippen molar-refractivity contribution in [3.05, 3.63) is 62.9 Å². The Morgan fingerprint density at radius 3 is 1.78 bits per heavy atom. The highest BCUT2D eigenvalue weighted by atomic mass is 19.4. The number of nitro groups is 1. The van der Waals surface area contributed by atoms with Crippen molar-refractivity contribution >= 4 is 18.0 Å². The van der Waals surface area contributed by atoms with Crippen molar-refractivity contribution in [2.45, 2.75) is 74.8 Å². The molecule has 1 heterocycles. The van der Waals surface area contributed by atoms with Gasteiger partial charge in [-0.05, 0) is 25.8 Å². The first-order chi connectivity index (χ1) is 23.2. The number of non-ortho nitro benzene ring substituents is 1. The zero-order valence-corrected chi connectivity index (χ0v) is 25.5. The molecule has 0 aromatic heterocycles. The maximum absolute atomic E-state index is 14.1. The molecule has 0 saturated heterocycles. The molecule has 0 radical (unpaired) electrons. The van der Waals surface area contributed by atoms with Crippen LogP contribution in [0.15, 0.2) is 47.2 Å². The number of rotatable bonds is 14. The molecule has 24 heteroatoms. The molecule has 0 spiro atoms. The van der Waals surface area contributed by atoms with Crippen molar-refractivity contribution in [2.24, 2.45) is 0 Å². The molecular formula is C27H22F13N3O8. The molecule has 0 saturated carbocycles. The molecule has 1 aromatic rings. The number of allylic oxidation sites excluding steroid dienone is 2. The summed E-state index contributed by atoms with van der Waals surface area (Å²) in [6.45, 7) is 0.655. The van der Waals surface area contributed by atoms with Gasteiger partial charge in [-0.15, -0.1) is 0 Å². The second kappa shape index (κ2) is 15.1. The number of nitro benzene ring substituents is 1. The first kappa shape index (κ1) is 42.2. The fraction of sp³-hybridized carbons (Fsp3) is 0.519. The van der Waals surface area contributed by atoms with Crippen molar-refractivity contribution < 1.29 is 90.5 Å². The van der Waals surface area contributed by atoms with Crippen LogP contribution < -0.4 is 5.32 Å². The van der Waals surface area contributed by atoms with Crippen molar-refractivity contribution in [1.82, 2.24) is 5.32 Å². The van der Waals surface area contributed by atoms with Crippen LogP contribution in [0.3, 0.4) is 0 Å². The molecule has 0 aliphatic carbocycles. The van der Waals surface area contributed by atoms with E-state index in [4.69, 9.17) is 19.5 Å². The van der Waals surface area contributed by atoms with Gasteiger partial charge in [0.15, 0.2) is 0 Å². The first-order valence-electron chi connectivity index (χ1n) is 13.6. The van der Waals surface area contributed by atoms with E-state index >= 15 is 0 Å². The number of hydrogen-bond acceptors (Lipinski definition) is 10. The van der Waals surface area contributed by atoms with Gasteiger partial charge in [-0.1, -0.05) is 12.1 Å². The van der Waals surface area contributed by atoms with E-state index in [1.165, 1.54) is 26.0 Å². The highest BCUT2D eigenvalue weighted by Crippen LogP contribution is 2.60. The number of nitrogens with zero attached hydrogens (tertiary/aromatic N) is 2. The SMILES string of the molecule is CC1=C(OC(=O)OCCC#N)C(c2cccc([N+](=O)[O-])c2)C(OC(=O)OCCCC(F)(F)C(F)(F)C(F)(F)C(F)(F)C(F)(F)C(F)(F)F)=C(C)N1. The van der Waals surface area contributed by atoms with E-state index in [0.29, 0.717) is 0 Å². The molecule has 1 aliphatic rings. The number of halogens is 13. The second-order valence-electron chi connectivity index (χ2n) is 10.3. The Morgan fingerprint density at radius 1 is 0.824 bits per heavy atom. The van der Waals surface area contributed by atoms with Crippen LogP contribution in [0, 0.1) is 21.4 Å². The largest absolute Gasteiger partial charge is 0.513 e. The third-order valence-electron chi connectivity index (χ3n) is 6.73. The minimum atomic E-state index is -8.07. The molecule has 1 atom stereocenters. The van der Waals surface area contributed by atoms with E-state index in [9.17, 15) is 76.8 Å². The minimum absolute atomic E-state index is 0.0282. The molecule has 1 unspecified atom stereocenters. The first-order valence-corrected chi connectivity index (χ1v) is 13.6. The Morgan fingerprint density at radius 2 is 1.31 bits per heavy atom. The van der Waals surface area contributed by atoms with Gasteiger partial charge >= 0.3 is 48.1 Å². The summed E-state index contributed by atoms with van der Waals surface area (Å²) in [5.41, 5.74) is -0.679. The number of alkyl halides is 13. The van der Waals surface area contributed by atoms with Crippen LogP contribution in [0.2, 0.25) is 0 Å². The zero-order chi connectivity index (χ0) is 39.4. The number of ether oxygens (including phenoxy) is 4. The summed E-state index contributed by atoms with van der Waals surface area (Å²) >= 11 is 0. The van der Waals surface area contributed by atoms with Crippen LogP contribution in [0.5, 0.6) is 0 Å². The number of carbonyl (C=O) groups is 2. The van der Waals surface area contributed by atoms with Crippen molar-refractivity contribution in [3.8, 4) is 6.07 Å². The fourth-order valence-electron chi connectivity index (χ4n) is 4.18. The number of dihydropyridines is 1. The van der Waals surface area contributed by atoms with Gasteiger partial charge in [0.2, 0.25) is 0 Å². The van der Waals surface area contributed by atoms with E-state index in [-0.39, 0.29) is 23.4 Å². The normalized spacial score (nSPS) is 16.2. The van der Waals surface area contributed by atoms with Gasteiger partial charge in [0.05, 0.1) is 35.4 Å². The van der Waals surface area contributed by atoms with Crippen LogP contribution >= 0.6 is 0 Å². The molecule has 0 fully saturated rings. The predicted octanol–water partition coefficient (Wildman–Crippen LogP) is 8.48. The van der Waals surface area contributed by atoms with Gasteiger partial charge in [0.25, 0.3) is 5.69 Å². The molecule has 1 N–H and O–H groups in total. The maximum Gasteiger partial charge on any atom is 0.513 e. The number of benzene rings is 1. The van der Waals surface area contributed by atoms with Crippen LogP contribution in [0.25, 0.3) is 0 Å². The lowest BCUT2D eigenvalue weighted by Gasteiger charge is -2.39. The highest BCUT2D eigenvalue weighted by molar-refractivity contribution is 5.65. The molecule has 1 aromatic carbocycles. The highest BCUT2D eigenvalue weighted by Gasteiger charge is 2.90. The molecule has 0 amide bonds. The second-order valence-corrected chi connectivity index (χ2v) is 10.3. The Bertz CT molecular complexity index is 1600. The van der Waals surface area contributed by atoms with E-state index in [0.717, 1.165) is 12.1 Å². The Labute approximate surface area is 276 Å². The summed E-state index contributed by atoms with van der Waals surface area (Å²) in [5.74, 6) is -40.4. The smallest absolute Gasteiger partial charge is 0.434 e. The number of nitrogens with one attached hydrogen (secondary N) is 1. The average molecular weight is 763 g/mol. The Kier molecular flexibility index (Phi) is 12.5. The lowest BCUT2D eigenvalue weighted by atomic mass is 9.90. The summed E-state index contributed by atoms with van der Waals surface area (Å²) in [6, 6.07) is 6.06. The zero-order valence-electron chi connectivity index (χ0n) is 25.5. The third-order valence-corrected chi connectivity index (χ3v) is 6.73. The van der Waals surface area contributed by atoms with Gasteiger partial charge in [-0.25, -0.2) is 9.59 Å². The molecule has 2 rings (SSSR count). The summed E-state index contributed by atoms with van der Waals surface area (Å²) in [4.78, 5) is 35.3. The van der Waals surface area contributed by atoms with Crippen molar-refractivity contribution in [3.63, 3.8) is 0 Å². The molecule has 51 heavy (non-hydrogen) atoms. The Hall–Kier alpha value is -4.98. The van der Waals surface area contributed by atoms with Gasteiger partial charge in [0, 0.05) is 18.6 Å². The Balaban J connectivity index is 2.28. The summed E-state index contributed by atoms with van der Waals surface area (Å²) in [5, 5.41) is 22.6. The van der Waals surface area contributed by atoms with Crippen LogP contribution in [-0.2, 0) is 18.9 Å². The van der Waals surface area contributed by atoms with Gasteiger partial charge in [-0.2, -0.15) is 62.3 Å². The van der Waals surface area contributed by atoms with E-state index in [1.807, 2.05) is 0 Å².